The van der Waals surface area contributed by atoms with Crippen LogP contribution in [0.2, 0.25) is 0 Å². The van der Waals surface area contributed by atoms with Gasteiger partial charge in [0.25, 0.3) is 5.56 Å². The third-order valence-electron chi connectivity index (χ3n) is 3.37. The molecule has 5 nitrogen and oxygen atoms in total. The number of H-pyrrole nitrogens is 1. The zero-order valence-electron chi connectivity index (χ0n) is 12.0. The van der Waals surface area contributed by atoms with E-state index in [9.17, 15) is 9.59 Å². The largest absolute Gasteiger partial charge is 0.338 e. The predicted molar refractivity (Wildman–Crippen MR) is 89.4 cm³/mol. The number of nitrogens with zero attached hydrogens (tertiary/aromatic N) is 1. The average molecular weight is 313 g/mol. The van der Waals surface area contributed by atoms with Gasteiger partial charge in [-0.25, -0.2) is 0 Å². The molecule has 6 heteroatoms. The molecule has 22 heavy (non-hydrogen) atoms. The van der Waals surface area contributed by atoms with Gasteiger partial charge < -0.3 is 14.9 Å². The molecule has 0 saturated heterocycles. The standard InChI is InChI=1S/C16H15N3O2S/c1-22-12-4-2-3-11(9-12)18-15(20)10-19-8-6-13-14(19)5-7-17-16(13)21/h2-9H,10H2,1H3,(H,17,21)(H,18,20). The second-order valence-electron chi connectivity index (χ2n) is 4.83. The number of nitrogens with one attached hydrogen (secondary N) is 2. The van der Waals surface area contributed by atoms with Crippen LogP contribution in [0.1, 0.15) is 0 Å². The lowest BCUT2D eigenvalue weighted by atomic mass is 10.3. The van der Waals surface area contributed by atoms with Crippen molar-refractivity contribution in [3.8, 4) is 0 Å². The molecule has 1 aromatic carbocycles. The van der Waals surface area contributed by atoms with Crippen LogP contribution in [0.4, 0.5) is 5.69 Å². The summed E-state index contributed by atoms with van der Waals surface area (Å²) >= 11 is 1.62. The van der Waals surface area contributed by atoms with Gasteiger partial charge in [0.05, 0.1) is 10.9 Å². The fourth-order valence-electron chi connectivity index (χ4n) is 2.33. The summed E-state index contributed by atoms with van der Waals surface area (Å²) in [6.45, 7) is 0.163. The SMILES string of the molecule is CSc1cccc(NC(=O)Cn2ccc3c(=O)[nH]ccc32)c1. The molecule has 0 unspecified atom stereocenters. The molecule has 2 aromatic heterocycles. The monoisotopic (exact) mass is 313 g/mol. The molecular formula is C16H15N3O2S. The Kier molecular flexibility index (Phi) is 4.02. The zero-order chi connectivity index (χ0) is 15.5. The maximum atomic E-state index is 12.2. The molecule has 112 valence electrons. The highest BCUT2D eigenvalue weighted by Gasteiger charge is 2.08. The Morgan fingerprint density at radius 1 is 1.32 bits per heavy atom. The third-order valence-corrected chi connectivity index (χ3v) is 4.10. The normalized spacial score (nSPS) is 10.8. The number of thioether (sulfide) groups is 1. The van der Waals surface area contributed by atoms with E-state index >= 15 is 0 Å². The Bertz CT molecular complexity index is 882. The highest BCUT2D eigenvalue weighted by Crippen LogP contribution is 2.19. The predicted octanol–water partition coefficient (Wildman–Crippen LogP) is 2.69. The summed E-state index contributed by atoms with van der Waals surface area (Å²) in [6, 6.07) is 11.2. The van der Waals surface area contributed by atoms with Crippen LogP contribution < -0.4 is 10.9 Å². The maximum Gasteiger partial charge on any atom is 0.257 e. The van der Waals surface area contributed by atoms with Crippen LogP contribution in [0.5, 0.6) is 0 Å². The molecule has 2 heterocycles. The van der Waals surface area contributed by atoms with Crippen molar-refractivity contribution in [1.29, 1.82) is 0 Å². The molecule has 0 saturated carbocycles. The summed E-state index contributed by atoms with van der Waals surface area (Å²) in [7, 11) is 0. The number of carbonyl (C=O) groups is 1. The van der Waals surface area contributed by atoms with E-state index in [4.69, 9.17) is 0 Å². The van der Waals surface area contributed by atoms with Gasteiger partial charge in [-0.15, -0.1) is 11.8 Å². The summed E-state index contributed by atoms with van der Waals surface area (Å²) in [5.41, 5.74) is 1.37. The second-order valence-corrected chi connectivity index (χ2v) is 5.71. The minimum absolute atomic E-state index is 0.129. The van der Waals surface area contributed by atoms with Gasteiger partial charge in [-0.3, -0.25) is 9.59 Å². The van der Waals surface area contributed by atoms with Crippen molar-refractivity contribution in [2.45, 2.75) is 11.4 Å². The molecular weight excluding hydrogens is 298 g/mol. The summed E-state index contributed by atoms with van der Waals surface area (Å²) < 4.78 is 1.76. The van der Waals surface area contributed by atoms with E-state index in [0.29, 0.717) is 5.39 Å². The van der Waals surface area contributed by atoms with E-state index in [0.717, 1.165) is 16.1 Å². The van der Waals surface area contributed by atoms with Crippen LogP contribution in [0.3, 0.4) is 0 Å². The van der Waals surface area contributed by atoms with Crippen molar-refractivity contribution in [2.75, 3.05) is 11.6 Å². The van der Waals surface area contributed by atoms with Gasteiger partial charge in [-0.1, -0.05) is 6.07 Å². The van der Waals surface area contributed by atoms with Crippen molar-refractivity contribution in [2.24, 2.45) is 0 Å². The Morgan fingerprint density at radius 3 is 3.00 bits per heavy atom. The second kappa shape index (κ2) is 6.11. The average Bonchev–Trinajstić information content (AvgIpc) is 2.92. The van der Waals surface area contributed by atoms with E-state index in [2.05, 4.69) is 10.3 Å². The number of pyridine rings is 1. The molecule has 3 aromatic rings. The Hall–Kier alpha value is -2.47. The van der Waals surface area contributed by atoms with E-state index < -0.39 is 0 Å². The zero-order valence-corrected chi connectivity index (χ0v) is 12.8. The molecule has 3 rings (SSSR count). The fourth-order valence-corrected chi connectivity index (χ4v) is 2.79. The molecule has 0 aliphatic heterocycles. The van der Waals surface area contributed by atoms with Crippen molar-refractivity contribution < 1.29 is 4.79 Å². The Labute approximate surface area is 131 Å². The molecule has 0 aliphatic rings. The first-order chi connectivity index (χ1) is 10.7. The highest BCUT2D eigenvalue weighted by molar-refractivity contribution is 7.98. The molecule has 1 amide bonds. The van der Waals surface area contributed by atoms with Crippen LogP contribution >= 0.6 is 11.8 Å². The van der Waals surface area contributed by atoms with Crippen LogP contribution in [0.25, 0.3) is 10.9 Å². The number of aromatic nitrogens is 2. The molecule has 0 fully saturated rings. The summed E-state index contributed by atoms with van der Waals surface area (Å²) in [5, 5.41) is 3.46. The van der Waals surface area contributed by atoms with Crippen molar-refractivity contribution in [3.05, 3.63) is 59.1 Å². The molecule has 0 bridgehead atoms. The van der Waals surface area contributed by atoms with Gasteiger partial charge in [0.15, 0.2) is 0 Å². The summed E-state index contributed by atoms with van der Waals surface area (Å²) in [6.07, 6.45) is 5.32. The molecule has 0 atom stereocenters. The smallest absolute Gasteiger partial charge is 0.257 e. The van der Waals surface area contributed by atoms with Crippen molar-refractivity contribution >= 4 is 34.3 Å². The van der Waals surface area contributed by atoms with E-state index in [-0.39, 0.29) is 18.0 Å². The summed E-state index contributed by atoms with van der Waals surface area (Å²) in [4.78, 5) is 27.6. The van der Waals surface area contributed by atoms with Crippen LogP contribution in [-0.2, 0) is 11.3 Å². The van der Waals surface area contributed by atoms with Crippen molar-refractivity contribution in [3.63, 3.8) is 0 Å². The highest BCUT2D eigenvalue weighted by atomic mass is 32.2. The number of benzene rings is 1. The fraction of sp³-hybridized carbons (Fsp3) is 0.125. The number of aromatic amines is 1. The Balaban J connectivity index is 1.78. The number of hydrogen-bond acceptors (Lipinski definition) is 3. The molecule has 2 N–H and O–H groups in total. The number of anilines is 1. The van der Waals surface area contributed by atoms with Gasteiger partial charge in [0.2, 0.25) is 5.91 Å². The number of fused-ring (bicyclic) bond motifs is 1. The topological polar surface area (TPSA) is 66.9 Å². The van der Waals surface area contributed by atoms with Crippen molar-refractivity contribution in [1.82, 2.24) is 9.55 Å². The number of hydrogen-bond donors (Lipinski definition) is 2. The Morgan fingerprint density at radius 2 is 2.18 bits per heavy atom. The van der Waals surface area contributed by atoms with Gasteiger partial charge in [0.1, 0.15) is 6.54 Å². The first kappa shape index (κ1) is 14.5. The first-order valence-corrected chi connectivity index (χ1v) is 8.00. The first-order valence-electron chi connectivity index (χ1n) is 6.78. The van der Waals surface area contributed by atoms with Crippen LogP contribution in [0, 0.1) is 0 Å². The number of amides is 1. The van der Waals surface area contributed by atoms with Crippen LogP contribution in [-0.4, -0.2) is 21.7 Å². The quantitative estimate of drug-likeness (QED) is 0.728. The van der Waals surface area contributed by atoms with Gasteiger partial charge >= 0.3 is 0 Å². The molecule has 0 aliphatic carbocycles. The summed E-state index contributed by atoms with van der Waals surface area (Å²) in [5.74, 6) is -0.129. The minimum Gasteiger partial charge on any atom is -0.338 e. The maximum absolute atomic E-state index is 12.2. The van der Waals surface area contributed by atoms with E-state index in [1.165, 1.54) is 0 Å². The minimum atomic E-state index is -0.149. The number of rotatable bonds is 4. The lowest BCUT2D eigenvalue weighted by Crippen LogP contribution is -2.18. The number of carbonyl (C=O) groups excluding carboxylic acids is 1. The van der Waals surface area contributed by atoms with Gasteiger partial charge in [0, 0.05) is 23.0 Å². The lowest BCUT2D eigenvalue weighted by molar-refractivity contribution is -0.116. The van der Waals surface area contributed by atoms with Gasteiger partial charge in [-0.05, 0) is 36.6 Å². The molecule has 0 spiro atoms. The lowest BCUT2D eigenvalue weighted by Gasteiger charge is -2.08. The van der Waals surface area contributed by atoms with Gasteiger partial charge in [-0.2, -0.15) is 0 Å². The van der Waals surface area contributed by atoms with Crippen LogP contribution in [0.15, 0.2) is 58.5 Å². The van der Waals surface area contributed by atoms with E-state index in [1.807, 2.05) is 30.5 Å². The third kappa shape index (κ3) is 2.92. The van der Waals surface area contributed by atoms with E-state index in [1.54, 1.807) is 40.9 Å². The molecule has 0 radical (unpaired) electrons.